The molecule has 0 aliphatic heterocycles. The third-order valence-electron chi connectivity index (χ3n) is 8.08. The number of allylic oxidation sites excluding steroid dienone is 1. The monoisotopic (exact) mass is 379 g/mol. The molecule has 4 heteroatoms. The van der Waals surface area contributed by atoms with E-state index in [9.17, 15) is 4.79 Å². The predicted molar refractivity (Wildman–Crippen MR) is 111 cm³/mol. The summed E-state index contributed by atoms with van der Waals surface area (Å²) in [6.07, 6.45) is 13.2. The van der Waals surface area contributed by atoms with Gasteiger partial charge in [-0.15, -0.1) is 0 Å². The van der Waals surface area contributed by atoms with Gasteiger partial charge in [-0.25, -0.2) is 0 Å². The van der Waals surface area contributed by atoms with Crippen molar-refractivity contribution < 1.29 is 9.32 Å². The second-order valence-corrected chi connectivity index (χ2v) is 10.1. The molecule has 0 spiro atoms. The zero-order valence-corrected chi connectivity index (χ0v) is 18.5. The van der Waals surface area contributed by atoms with Crippen molar-refractivity contribution in [3.8, 4) is 0 Å². The van der Waals surface area contributed by atoms with E-state index in [1.165, 1.54) is 32.1 Å². The summed E-state index contributed by atoms with van der Waals surface area (Å²) < 4.78 is 5.69. The number of amides is 1. The standard InChI is InChI=1S/C22H38NO2P/c1-15-7-6-12-21(3)17(15)9-10-18(21)16(2)8-11-19(25-26)22(13-14-22)20(24)23(4)5/h8,11,15-19H,6-7,9-10,12-14,26H2,1-5H3/b11-8+. The molecule has 3 nitrogen and oxygen atoms in total. The molecular weight excluding hydrogens is 341 g/mol. The number of nitrogens with zero attached hydrogens (tertiary/aromatic N) is 1. The fourth-order valence-corrected chi connectivity index (χ4v) is 6.79. The fraction of sp³-hybridized carbons (Fsp3) is 0.864. The van der Waals surface area contributed by atoms with Crippen LogP contribution in [0.1, 0.15) is 65.7 Å². The van der Waals surface area contributed by atoms with E-state index < -0.39 is 0 Å². The molecular formula is C22H38NO2P. The topological polar surface area (TPSA) is 29.5 Å². The molecule has 0 saturated heterocycles. The first-order valence-corrected chi connectivity index (χ1v) is 11.0. The summed E-state index contributed by atoms with van der Waals surface area (Å²) in [6.45, 7) is 7.39. The first-order valence-electron chi connectivity index (χ1n) is 10.5. The average Bonchev–Trinajstić information content (AvgIpc) is 3.31. The Bertz CT molecular complexity index is 556. The Morgan fingerprint density at radius 2 is 1.88 bits per heavy atom. The smallest absolute Gasteiger partial charge is 0.231 e. The van der Waals surface area contributed by atoms with E-state index in [-0.39, 0.29) is 17.4 Å². The van der Waals surface area contributed by atoms with Crippen LogP contribution in [0.2, 0.25) is 0 Å². The summed E-state index contributed by atoms with van der Waals surface area (Å²) in [5.41, 5.74) is 0.165. The zero-order valence-electron chi connectivity index (χ0n) is 17.3. The summed E-state index contributed by atoms with van der Waals surface area (Å²) in [5.74, 6) is 3.29. The summed E-state index contributed by atoms with van der Waals surface area (Å²) in [6, 6.07) is 0. The Hall–Kier alpha value is -0.400. The van der Waals surface area contributed by atoms with Crippen LogP contribution in [0.25, 0.3) is 0 Å². The molecule has 0 aromatic heterocycles. The lowest BCUT2D eigenvalue weighted by Crippen LogP contribution is -2.39. The van der Waals surface area contributed by atoms with Crippen molar-refractivity contribution in [2.24, 2.45) is 34.5 Å². The van der Waals surface area contributed by atoms with Crippen LogP contribution in [-0.4, -0.2) is 31.0 Å². The van der Waals surface area contributed by atoms with Crippen LogP contribution in [0.5, 0.6) is 0 Å². The predicted octanol–water partition coefficient (Wildman–Crippen LogP) is 5.07. The van der Waals surface area contributed by atoms with Crippen LogP contribution in [-0.2, 0) is 9.32 Å². The van der Waals surface area contributed by atoms with Crippen LogP contribution in [0.4, 0.5) is 0 Å². The van der Waals surface area contributed by atoms with Crippen molar-refractivity contribution >= 4 is 15.4 Å². The quantitative estimate of drug-likeness (QED) is 0.476. The minimum Gasteiger partial charge on any atom is -0.357 e. The van der Waals surface area contributed by atoms with E-state index in [1.807, 2.05) is 14.1 Å². The number of carbonyl (C=O) groups excluding carboxylic acids is 1. The number of fused-ring (bicyclic) bond motifs is 1. The highest BCUT2D eigenvalue weighted by atomic mass is 31.0. The van der Waals surface area contributed by atoms with Crippen molar-refractivity contribution in [1.82, 2.24) is 4.90 Å². The Morgan fingerprint density at radius 1 is 1.19 bits per heavy atom. The molecule has 3 aliphatic carbocycles. The van der Waals surface area contributed by atoms with Gasteiger partial charge in [0, 0.05) is 23.6 Å². The summed E-state index contributed by atoms with van der Waals surface area (Å²) in [7, 11) is 6.08. The maximum absolute atomic E-state index is 12.6. The van der Waals surface area contributed by atoms with Crippen molar-refractivity contribution in [1.29, 1.82) is 0 Å². The largest absolute Gasteiger partial charge is 0.357 e. The molecule has 3 fully saturated rings. The van der Waals surface area contributed by atoms with Gasteiger partial charge in [-0.3, -0.25) is 4.79 Å². The highest BCUT2D eigenvalue weighted by Gasteiger charge is 2.56. The van der Waals surface area contributed by atoms with Gasteiger partial charge in [0.2, 0.25) is 5.91 Å². The number of hydrogen-bond acceptors (Lipinski definition) is 2. The van der Waals surface area contributed by atoms with Crippen LogP contribution >= 0.6 is 9.47 Å². The summed E-state index contributed by atoms with van der Waals surface area (Å²) in [4.78, 5) is 14.3. The molecule has 26 heavy (non-hydrogen) atoms. The summed E-state index contributed by atoms with van der Waals surface area (Å²) >= 11 is 0. The third-order valence-corrected chi connectivity index (χ3v) is 8.37. The molecule has 148 valence electrons. The Morgan fingerprint density at radius 3 is 2.46 bits per heavy atom. The maximum Gasteiger partial charge on any atom is 0.231 e. The number of rotatable bonds is 6. The molecule has 7 unspecified atom stereocenters. The van der Waals surface area contributed by atoms with E-state index in [0.29, 0.717) is 11.3 Å². The van der Waals surface area contributed by atoms with Crippen LogP contribution in [0.3, 0.4) is 0 Å². The Balaban J connectivity index is 1.71. The minimum absolute atomic E-state index is 0.125. The highest BCUT2D eigenvalue weighted by Crippen LogP contribution is 2.59. The Labute approximate surface area is 162 Å². The van der Waals surface area contributed by atoms with Crippen molar-refractivity contribution in [3.63, 3.8) is 0 Å². The normalized spacial score (nSPS) is 38.0. The number of carbonyl (C=O) groups is 1. The van der Waals surface area contributed by atoms with E-state index in [1.54, 1.807) is 4.90 Å². The van der Waals surface area contributed by atoms with Gasteiger partial charge in [0.1, 0.15) is 0 Å². The van der Waals surface area contributed by atoms with E-state index in [2.05, 4.69) is 42.4 Å². The zero-order chi connectivity index (χ0) is 19.1. The molecule has 0 aromatic carbocycles. The highest BCUT2D eigenvalue weighted by molar-refractivity contribution is 7.09. The molecule has 3 rings (SSSR count). The SMILES string of the molecule is CC(/C=C/C(OP)C1(C(=O)N(C)C)CC1)C1CCC2C(C)CCCC12C. The molecule has 0 aromatic rings. The maximum atomic E-state index is 12.6. The minimum atomic E-state index is -0.330. The van der Waals surface area contributed by atoms with Gasteiger partial charge >= 0.3 is 0 Å². The molecule has 3 saturated carbocycles. The molecule has 0 heterocycles. The van der Waals surface area contributed by atoms with Gasteiger partial charge in [0.25, 0.3) is 0 Å². The van der Waals surface area contributed by atoms with Crippen molar-refractivity contribution in [2.75, 3.05) is 14.1 Å². The number of hydrogen-bond donors (Lipinski definition) is 0. The molecule has 0 bridgehead atoms. The Kier molecular flexibility index (Phi) is 5.91. The van der Waals surface area contributed by atoms with E-state index in [4.69, 9.17) is 4.52 Å². The van der Waals surface area contributed by atoms with Gasteiger partial charge < -0.3 is 9.42 Å². The molecule has 0 radical (unpaired) electrons. The van der Waals surface area contributed by atoms with Gasteiger partial charge in [-0.05, 0) is 61.2 Å². The lowest BCUT2D eigenvalue weighted by Gasteiger charge is -2.45. The van der Waals surface area contributed by atoms with Gasteiger partial charge in [0.15, 0.2) is 0 Å². The molecule has 3 aliphatic rings. The van der Waals surface area contributed by atoms with Crippen LogP contribution < -0.4 is 0 Å². The fourth-order valence-electron chi connectivity index (χ4n) is 6.44. The van der Waals surface area contributed by atoms with E-state index >= 15 is 0 Å². The first kappa shape index (κ1) is 20.3. The van der Waals surface area contributed by atoms with E-state index in [0.717, 1.165) is 30.6 Å². The third kappa shape index (κ3) is 3.39. The van der Waals surface area contributed by atoms with Crippen molar-refractivity contribution in [3.05, 3.63) is 12.2 Å². The first-order chi connectivity index (χ1) is 12.3. The lowest BCUT2D eigenvalue weighted by atomic mass is 9.60. The van der Waals surface area contributed by atoms with Gasteiger partial charge in [-0.2, -0.15) is 0 Å². The molecule has 1 amide bonds. The van der Waals surface area contributed by atoms with Gasteiger partial charge in [0.05, 0.1) is 11.5 Å². The average molecular weight is 380 g/mol. The second kappa shape index (κ2) is 7.55. The van der Waals surface area contributed by atoms with Crippen LogP contribution in [0.15, 0.2) is 12.2 Å². The van der Waals surface area contributed by atoms with Gasteiger partial charge in [-0.1, -0.05) is 45.8 Å². The molecule has 0 N–H and O–H groups in total. The molecule has 7 atom stereocenters. The second-order valence-electron chi connectivity index (χ2n) is 9.82. The summed E-state index contributed by atoms with van der Waals surface area (Å²) in [5, 5.41) is 0. The van der Waals surface area contributed by atoms with Crippen molar-refractivity contribution in [2.45, 2.75) is 71.8 Å². The lowest BCUT2D eigenvalue weighted by molar-refractivity contribution is -0.136. The van der Waals surface area contributed by atoms with Crippen LogP contribution in [0, 0.1) is 34.5 Å².